The zero-order valence-electron chi connectivity index (χ0n) is 10.7. The fraction of sp³-hybridized carbons (Fsp3) is 0.538. The molecule has 1 fully saturated rings. The Labute approximate surface area is 107 Å². The van der Waals surface area contributed by atoms with Crippen LogP contribution in [0, 0.1) is 5.92 Å². The summed E-state index contributed by atoms with van der Waals surface area (Å²) in [6.45, 7) is 4.41. The molecular weight excluding hydrogens is 226 g/mol. The van der Waals surface area contributed by atoms with Gasteiger partial charge in [-0.25, -0.2) is 9.97 Å². The van der Waals surface area contributed by atoms with Crippen LogP contribution in [0.25, 0.3) is 5.65 Å². The second-order valence-corrected chi connectivity index (χ2v) is 5.17. The van der Waals surface area contributed by atoms with Crippen LogP contribution in [0.15, 0.2) is 18.6 Å². The van der Waals surface area contributed by atoms with Gasteiger partial charge in [0.15, 0.2) is 11.5 Å². The standard InChI is InChI=1S/C13H19N5/c1-10-3-2-6-17(7-4-10)13-12-15-5-8-18(12)9-11(14)16-13/h5,8-10H,2-4,6-7,14H2,1H3. The molecule has 0 saturated carbocycles. The summed E-state index contributed by atoms with van der Waals surface area (Å²) in [5.41, 5.74) is 6.77. The molecule has 96 valence electrons. The van der Waals surface area contributed by atoms with E-state index in [-0.39, 0.29) is 0 Å². The molecule has 18 heavy (non-hydrogen) atoms. The fourth-order valence-corrected chi connectivity index (χ4v) is 2.62. The van der Waals surface area contributed by atoms with Gasteiger partial charge in [0.2, 0.25) is 0 Å². The number of rotatable bonds is 1. The van der Waals surface area contributed by atoms with Crippen molar-refractivity contribution in [1.82, 2.24) is 14.4 Å². The Bertz CT molecular complexity index is 547. The van der Waals surface area contributed by atoms with Crippen LogP contribution in [0.2, 0.25) is 0 Å². The van der Waals surface area contributed by atoms with Gasteiger partial charge in [-0.3, -0.25) is 0 Å². The van der Waals surface area contributed by atoms with Crippen LogP contribution in [-0.2, 0) is 0 Å². The van der Waals surface area contributed by atoms with E-state index in [9.17, 15) is 0 Å². The molecule has 1 aliphatic rings. The molecule has 1 unspecified atom stereocenters. The lowest BCUT2D eigenvalue weighted by Gasteiger charge is -2.22. The molecule has 5 nitrogen and oxygen atoms in total. The van der Waals surface area contributed by atoms with Crippen molar-refractivity contribution in [2.45, 2.75) is 26.2 Å². The smallest absolute Gasteiger partial charge is 0.180 e. The summed E-state index contributed by atoms with van der Waals surface area (Å²) in [5, 5.41) is 0. The van der Waals surface area contributed by atoms with Gasteiger partial charge in [-0.1, -0.05) is 6.92 Å². The van der Waals surface area contributed by atoms with Crippen molar-refractivity contribution in [1.29, 1.82) is 0 Å². The monoisotopic (exact) mass is 245 g/mol. The number of nitrogens with zero attached hydrogens (tertiary/aromatic N) is 4. The number of hydrogen-bond donors (Lipinski definition) is 1. The van der Waals surface area contributed by atoms with Crippen molar-refractivity contribution in [2.24, 2.45) is 5.92 Å². The molecule has 2 N–H and O–H groups in total. The van der Waals surface area contributed by atoms with Crippen LogP contribution in [0.3, 0.4) is 0 Å². The van der Waals surface area contributed by atoms with E-state index in [2.05, 4.69) is 21.8 Å². The van der Waals surface area contributed by atoms with Crippen LogP contribution in [-0.4, -0.2) is 27.5 Å². The van der Waals surface area contributed by atoms with Crippen molar-refractivity contribution in [3.63, 3.8) is 0 Å². The van der Waals surface area contributed by atoms with E-state index in [1.54, 1.807) is 6.20 Å². The molecule has 0 aliphatic carbocycles. The zero-order valence-corrected chi connectivity index (χ0v) is 10.7. The van der Waals surface area contributed by atoms with Gasteiger partial charge in [-0.05, 0) is 25.2 Å². The molecule has 1 aliphatic heterocycles. The lowest BCUT2D eigenvalue weighted by Crippen LogP contribution is -2.26. The molecule has 0 amide bonds. The summed E-state index contributed by atoms with van der Waals surface area (Å²) in [5.74, 6) is 2.27. The van der Waals surface area contributed by atoms with Crippen LogP contribution < -0.4 is 10.6 Å². The maximum absolute atomic E-state index is 5.87. The maximum Gasteiger partial charge on any atom is 0.180 e. The molecule has 3 rings (SSSR count). The molecule has 0 bridgehead atoms. The Hall–Kier alpha value is -1.78. The Morgan fingerprint density at radius 3 is 3.11 bits per heavy atom. The van der Waals surface area contributed by atoms with Crippen molar-refractivity contribution in [3.05, 3.63) is 18.6 Å². The first-order valence-corrected chi connectivity index (χ1v) is 6.58. The van der Waals surface area contributed by atoms with Crippen molar-refractivity contribution in [3.8, 4) is 0 Å². The highest BCUT2D eigenvalue weighted by atomic mass is 15.2. The highest BCUT2D eigenvalue weighted by molar-refractivity contribution is 5.66. The molecule has 5 heteroatoms. The molecule has 0 aromatic carbocycles. The van der Waals surface area contributed by atoms with Crippen molar-refractivity contribution in [2.75, 3.05) is 23.7 Å². The Morgan fingerprint density at radius 1 is 1.33 bits per heavy atom. The number of nitrogen functional groups attached to an aromatic ring is 1. The van der Waals surface area contributed by atoms with Gasteiger partial charge in [0, 0.05) is 25.5 Å². The van der Waals surface area contributed by atoms with E-state index in [0.29, 0.717) is 5.82 Å². The summed E-state index contributed by atoms with van der Waals surface area (Å²) >= 11 is 0. The van der Waals surface area contributed by atoms with Gasteiger partial charge < -0.3 is 15.0 Å². The van der Waals surface area contributed by atoms with E-state index < -0.39 is 0 Å². The zero-order chi connectivity index (χ0) is 12.5. The first kappa shape index (κ1) is 11.3. The van der Waals surface area contributed by atoms with Gasteiger partial charge in [0.05, 0.1) is 6.20 Å². The second-order valence-electron chi connectivity index (χ2n) is 5.17. The van der Waals surface area contributed by atoms with Crippen LogP contribution in [0.4, 0.5) is 11.6 Å². The third-order valence-electron chi connectivity index (χ3n) is 3.69. The normalized spacial score (nSPS) is 21.2. The van der Waals surface area contributed by atoms with E-state index in [1.807, 2.05) is 16.8 Å². The summed E-state index contributed by atoms with van der Waals surface area (Å²) in [4.78, 5) is 11.2. The third kappa shape index (κ3) is 2.00. The number of anilines is 2. The summed E-state index contributed by atoms with van der Waals surface area (Å²) < 4.78 is 1.95. The quantitative estimate of drug-likeness (QED) is 0.834. The SMILES string of the molecule is CC1CCCN(c2nc(N)cn3ccnc23)CC1. The number of imidazole rings is 1. The Balaban J connectivity index is 1.99. The largest absolute Gasteiger partial charge is 0.382 e. The van der Waals surface area contributed by atoms with Gasteiger partial charge in [0.1, 0.15) is 5.82 Å². The fourth-order valence-electron chi connectivity index (χ4n) is 2.62. The topological polar surface area (TPSA) is 59.5 Å². The van der Waals surface area contributed by atoms with Gasteiger partial charge >= 0.3 is 0 Å². The predicted molar refractivity (Wildman–Crippen MR) is 72.6 cm³/mol. The molecule has 2 aromatic rings. The molecule has 2 aromatic heterocycles. The first-order chi connectivity index (χ1) is 8.74. The van der Waals surface area contributed by atoms with E-state index >= 15 is 0 Å². The highest BCUT2D eigenvalue weighted by Gasteiger charge is 2.18. The number of hydrogen-bond acceptors (Lipinski definition) is 4. The minimum atomic E-state index is 0.549. The third-order valence-corrected chi connectivity index (χ3v) is 3.69. The summed E-state index contributed by atoms with van der Waals surface area (Å²) in [6, 6.07) is 0. The minimum Gasteiger partial charge on any atom is -0.382 e. The van der Waals surface area contributed by atoms with E-state index in [4.69, 9.17) is 5.73 Å². The maximum atomic E-state index is 5.87. The molecule has 0 radical (unpaired) electrons. The van der Waals surface area contributed by atoms with E-state index in [0.717, 1.165) is 30.5 Å². The molecule has 0 spiro atoms. The van der Waals surface area contributed by atoms with Gasteiger partial charge in [-0.2, -0.15) is 0 Å². The van der Waals surface area contributed by atoms with Crippen molar-refractivity contribution >= 4 is 17.3 Å². The second kappa shape index (κ2) is 4.48. The molecule has 3 heterocycles. The number of aromatic nitrogens is 3. The average molecular weight is 245 g/mol. The van der Waals surface area contributed by atoms with Gasteiger partial charge in [0.25, 0.3) is 0 Å². The summed E-state index contributed by atoms with van der Waals surface area (Å²) in [6.07, 6.45) is 9.24. The van der Waals surface area contributed by atoms with E-state index in [1.165, 1.54) is 19.3 Å². The molecular formula is C13H19N5. The lowest BCUT2D eigenvalue weighted by atomic mass is 10.0. The first-order valence-electron chi connectivity index (χ1n) is 6.58. The lowest BCUT2D eigenvalue weighted by molar-refractivity contribution is 0.521. The number of fused-ring (bicyclic) bond motifs is 1. The predicted octanol–water partition coefficient (Wildman–Crippen LogP) is 1.94. The Morgan fingerprint density at radius 2 is 2.22 bits per heavy atom. The summed E-state index contributed by atoms with van der Waals surface area (Å²) in [7, 11) is 0. The minimum absolute atomic E-state index is 0.549. The molecule has 1 atom stereocenters. The van der Waals surface area contributed by atoms with Crippen LogP contribution in [0.5, 0.6) is 0 Å². The van der Waals surface area contributed by atoms with Crippen LogP contribution >= 0.6 is 0 Å². The molecule has 1 saturated heterocycles. The van der Waals surface area contributed by atoms with Crippen molar-refractivity contribution < 1.29 is 0 Å². The number of nitrogens with two attached hydrogens (primary N) is 1. The highest BCUT2D eigenvalue weighted by Crippen LogP contribution is 2.24. The average Bonchev–Trinajstić information content (AvgIpc) is 2.70. The van der Waals surface area contributed by atoms with Gasteiger partial charge in [-0.15, -0.1) is 0 Å². The Kier molecular flexibility index (Phi) is 2.81. The van der Waals surface area contributed by atoms with Crippen LogP contribution in [0.1, 0.15) is 26.2 Å².